The van der Waals surface area contributed by atoms with Crippen LogP contribution in [-0.2, 0) is 4.74 Å². The third-order valence-corrected chi connectivity index (χ3v) is 6.70. The quantitative estimate of drug-likeness (QED) is 0.228. The summed E-state index contributed by atoms with van der Waals surface area (Å²) in [6.07, 6.45) is 2.71. The van der Waals surface area contributed by atoms with Crippen LogP contribution in [0.4, 0.5) is 32.3 Å². The van der Waals surface area contributed by atoms with Gasteiger partial charge in [-0.05, 0) is 58.7 Å². The Hall–Kier alpha value is -3.58. The zero-order valence-corrected chi connectivity index (χ0v) is 23.3. The second-order valence-corrected chi connectivity index (χ2v) is 11.9. The highest BCUT2D eigenvalue weighted by Gasteiger charge is 2.38. The molecule has 0 atom stereocenters. The number of ether oxygens (including phenoxy) is 2. The largest absolute Gasteiger partial charge is 0.491 e. The van der Waals surface area contributed by atoms with E-state index in [1.165, 1.54) is 7.05 Å². The van der Waals surface area contributed by atoms with Crippen LogP contribution in [0.1, 0.15) is 47.5 Å². The molecule has 5 N–H and O–H groups in total. The summed E-state index contributed by atoms with van der Waals surface area (Å²) >= 11 is 0. The second-order valence-electron chi connectivity index (χ2n) is 11.9. The van der Waals surface area contributed by atoms with Crippen LogP contribution in [0, 0.1) is 16.8 Å². The number of carbonyl (C=O) groups excluding carboxylic acids is 1. The predicted molar refractivity (Wildman–Crippen MR) is 146 cm³/mol. The van der Waals surface area contributed by atoms with E-state index in [0.717, 1.165) is 24.0 Å². The molecule has 2 aliphatic rings. The van der Waals surface area contributed by atoms with Gasteiger partial charge < -0.3 is 30.7 Å². The maximum atomic E-state index is 14.7. The van der Waals surface area contributed by atoms with E-state index in [1.807, 2.05) is 6.92 Å². The number of carbonyl (C=O) groups is 1. The Labute approximate surface area is 227 Å². The molecule has 12 nitrogen and oxygen atoms in total. The maximum absolute atomic E-state index is 14.7. The van der Waals surface area contributed by atoms with E-state index in [-0.39, 0.29) is 40.0 Å². The first-order valence-electron chi connectivity index (χ1n) is 12.9. The van der Waals surface area contributed by atoms with Crippen molar-refractivity contribution < 1.29 is 18.7 Å². The Morgan fingerprint density at radius 1 is 1.26 bits per heavy atom. The maximum Gasteiger partial charge on any atom is 0.343 e. The number of nitrogens with zero attached hydrogens (tertiary/aromatic N) is 4. The van der Waals surface area contributed by atoms with Gasteiger partial charge in [-0.3, -0.25) is 0 Å². The molecule has 2 saturated heterocycles. The van der Waals surface area contributed by atoms with Crippen molar-refractivity contribution in [3.8, 4) is 5.75 Å². The molecule has 39 heavy (non-hydrogen) atoms. The van der Waals surface area contributed by atoms with Gasteiger partial charge in [0, 0.05) is 35.3 Å². The van der Waals surface area contributed by atoms with E-state index < -0.39 is 11.8 Å². The molecule has 0 bridgehead atoms. The highest BCUT2D eigenvalue weighted by Crippen LogP contribution is 2.36. The molecule has 4 rings (SSSR count). The highest BCUT2D eigenvalue weighted by atomic mass is 19.1. The molecule has 212 valence electrons. The van der Waals surface area contributed by atoms with Crippen molar-refractivity contribution >= 4 is 29.2 Å². The number of halogens is 1. The minimum absolute atomic E-state index is 0.0132. The van der Waals surface area contributed by atoms with Crippen LogP contribution in [0.3, 0.4) is 0 Å². The van der Waals surface area contributed by atoms with E-state index in [1.54, 1.807) is 18.2 Å². The van der Waals surface area contributed by atoms with Crippen molar-refractivity contribution in [2.75, 3.05) is 42.5 Å². The van der Waals surface area contributed by atoms with Crippen molar-refractivity contribution in [2.45, 2.75) is 64.6 Å². The fraction of sp³-hybridized carbons (Fsp3) is 0.577. The highest BCUT2D eigenvalue weighted by molar-refractivity contribution is 5.93. The summed E-state index contributed by atoms with van der Waals surface area (Å²) in [5, 5.41) is 16.7. The smallest absolute Gasteiger partial charge is 0.343 e. The number of hydrogen-bond donors (Lipinski definition) is 5. The number of piperidine rings is 1. The summed E-state index contributed by atoms with van der Waals surface area (Å²) in [6, 6.07) is 4.40. The monoisotopic (exact) mass is 543 g/mol. The first kappa shape index (κ1) is 28.4. The van der Waals surface area contributed by atoms with Gasteiger partial charge in [-0.1, -0.05) is 12.1 Å². The minimum Gasteiger partial charge on any atom is -0.491 e. The molecule has 0 spiro atoms. The fourth-order valence-electron chi connectivity index (χ4n) is 5.26. The Morgan fingerprint density at radius 3 is 2.54 bits per heavy atom. The fourth-order valence-corrected chi connectivity index (χ4v) is 5.26. The number of anilines is 4. The van der Waals surface area contributed by atoms with Crippen LogP contribution < -0.4 is 31.0 Å². The summed E-state index contributed by atoms with van der Waals surface area (Å²) in [5.74, 6) is 0.0906. The number of rotatable bonds is 9. The molecule has 2 aliphatic heterocycles. The number of aromatic nitrogens is 2. The molecule has 0 unspecified atom stereocenters. The molecule has 2 amide bonds. The van der Waals surface area contributed by atoms with Gasteiger partial charge in [0.1, 0.15) is 11.4 Å². The zero-order valence-electron chi connectivity index (χ0n) is 23.3. The third-order valence-electron chi connectivity index (χ3n) is 6.70. The summed E-state index contributed by atoms with van der Waals surface area (Å²) in [6.45, 7) is 12.1. The van der Waals surface area contributed by atoms with Gasteiger partial charge in [-0.25, -0.2) is 14.2 Å². The number of hydrogen-bond acceptors (Lipinski definition) is 10. The molecule has 13 heteroatoms. The van der Waals surface area contributed by atoms with Gasteiger partial charge in [-0.15, -0.1) is 0 Å². The summed E-state index contributed by atoms with van der Waals surface area (Å²) < 4.78 is 26.0. The molecule has 2 aromatic rings. The van der Waals surface area contributed by atoms with Crippen LogP contribution in [0.2, 0.25) is 0 Å². The molecule has 0 aliphatic carbocycles. The van der Waals surface area contributed by atoms with Gasteiger partial charge in [0.25, 0.3) is 0 Å². The molecule has 0 radical (unpaired) electrons. The Bertz CT molecular complexity index is 1200. The lowest BCUT2D eigenvalue weighted by molar-refractivity contribution is -0.120. The Morgan fingerprint density at radius 2 is 1.95 bits per heavy atom. The van der Waals surface area contributed by atoms with Crippen molar-refractivity contribution in [3.63, 3.8) is 0 Å². The topological polar surface area (TPSA) is 149 Å². The molecule has 1 aromatic heterocycles. The van der Waals surface area contributed by atoms with Crippen LogP contribution in [0.5, 0.6) is 5.75 Å². The molecule has 2 fully saturated rings. The average molecular weight is 544 g/mol. The molecular formula is C26H38FN9O3. The van der Waals surface area contributed by atoms with Crippen LogP contribution >= 0.6 is 0 Å². The summed E-state index contributed by atoms with van der Waals surface area (Å²) in [4.78, 5) is 20.9. The molecule has 3 heterocycles. The Kier molecular flexibility index (Phi) is 7.94. The lowest BCUT2D eigenvalue weighted by Crippen LogP contribution is -2.60. The van der Waals surface area contributed by atoms with Crippen molar-refractivity contribution in [2.24, 2.45) is 10.6 Å². The van der Waals surface area contributed by atoms with E-state index in [9.17, 15) is 9.18 Å². The summed E-state index contributed by atoms with van der Waals surface area (Å²) in [7, 11) is 1.45. The summed E-state index contributed by atoms with van der Waals surface area (Å²) in [5.41, 5.74) is 7.94. The van der Waals surface area contributed by atoms with E-state index in [4.69, 9.17) is 15.0 Å². The van der Waals surface area contributed by atoms with Crippen molar-refractivity contribution in [3.05, 3.63) is 30.2 Å². The van der Waals surface area contributed by atoms with Crippen LogP contribution in [0.25, 0.3) is 0 Å². The van der Waals surface area contributed by atoms with Crippen molar-refractivity contribution in [1.82, 2.24) is 20.6 Å². The number of urea groups is 1. The van der Waals surface area contributed by atoms with Gasteiger partial charge in [0.2, 0.25) is 5.95 Å². The average Bonchev–Trinajstić information content (AvgIpc) is 2.82. The van der Waals surface area contributed by atoms with Crippen LogP contribution in [0.15, 0.2) is 29.6 Å². The van der Waals surface area contributed by atoms with Crippen LogP contribution in [-0.4, -0.2) is 60.0 Å². The standard InChI is InChI=1S/C26H38FN9O3/c1-24(2)10-17(11-25(3,4)34-24)31-21-18(27)12-30-22(33-21)32-16-7-8-20(39-15-26(5)13-38-14-26)19(9-16)36(35-28)23(37)29-6/h7-9,12,17,28,34H,10-11,13-15H2,1-6H3,(H,29,37)(H2,30,31,32,33). The predicted octanol–water partition coefficient (Wildman–Crippen LogP) is 4.59. The van der Waals surface area contributed by atoms with Gasteiger partial charge >= 0.3 is 6.03 Å². The second kappa shape index (κ2) is 10.9. The van der Waals surface area contributed by atoms with Gasteiger partial charge in [-0.2, -0.15) is 15.5 Å². The zero-order chi connectivity index (χ0) is 28.4. The minimum atomic E-state index is -0.609. The lowest BCUT2D eigenvalue weighted by Gasteiger charge is -2.46. The van der Waals surface area contributed by atoms with E-state index >= 15 is 0 Å². The Balaban J connectivity index is 1.56. The SMILES string of the molecule is CNC(=O)N(N=N)c1cc(Nc2ncc(F)c(NC3CC(C)(C)NC(C)(C)C3)n2)ccc1OCC1(C)COC1. The first-order valence-corrected chi connectivity index (χ1v) is 12.9. The number of nitrogens with one attached hydrogen (secondary N) is 5. The molecular weight excluding hydrogens is 505 g/mol. The normalized spacial score (nSPS) is 19.4. The molecule has 0 saturated carbocycles. The number of amides is 2. The van der Waals surface area contributed by atoms with Gasteiger partial charge in [0.05, 0.1) is 26.0 Å². The lowest BCUT2D eigenvalue weighted by atomic mass is 9.79. The van der Waals surface area contributed by atoms with Crippen molar-refractivity contribution in [1.29, 1.82) is 5.53 Å². The van der Waals surface area contributed by atoms with E-state index in [0.29, 0.717) is 31.3 Å². The first-order chi connectivity index (χ1) is 18.3. The number of benzene rings is 1. The molecule has 1 aromatic carbocycles. The van der Waals surface area contributed by atoms with Gasteiger partial charge in [0.15, 0.2) is 11.6 Å². The third kappa shape index (κ3) is 6.90. The van der Waals surface area contributed by atoms with E-state index in [2.05, 4.69) is 64.2 Å².